The summed E-state index contributed by atoms with van der Waals surface area (Å²) in [4.78, 5) is 9.26. The molecule has 2 N–H and O–H groups in total. The lowest BCUT2D eigenvalue weighted by Gasteiger charge is -2.11. The van der Waals surface area contributed by atoms with Crippen molar-refractivity contribution in [3.63, 3.8) is 0 Å². The Morgan fingerprint density at radius 1 is 1.21 bits per heavy atom. The van der Waals surface area contributed by atoms with Gasteiger partial charge in [-0.2, -0.15) is 0 Å². The van der Waals surface area contributed by atoms with Crippen LogP contribution in [0.1, 0.15) is 49.4 Å². The number of nitrogens with zero attached hydrogens (tertiary/aromatic N) is 2. The zero-order valence-corrected chi connectivity index (χ0v) is 20.9. The first kappa shape index (κ1) is 25.6. The van der Waals surface area contributed by atoms with Crippen LogP contribution < -0.4 is 15.4 Å². The first-order valence-electron chi connectivity index (χ1n) is 9.79. The van der Waals surface area contributed by atoms with Gasteiger partial charge in [-0.3, -0.25) is 0 Å². The molecule has 0 atom stereocenters. The SMILES string of the molecule is CCNC(=NCc1nc(C(C)C)cs1)NCCCOCc1ccc(OC)cc1.I. The molecule has 0 aliphatic rings. The van der Waals surface area contributed by atoms with Crippen LogP contribution in [0, 0.1) is 0 Å². The first-order valence-corrected chi connectivity index (χ1v) is 10.7. The highest BCUT2D eigenvalue weighted by atomic mass is 127. The number of hydrogen-bond donors (Lipinski definition) is 2. The zero-order chi connectivity index (χ0) is 20.2. The molecule has 2 rings (SSSR count). The number of aromatic nitrogens is 1. The molecule has 2 aromatic rings. The molecule has 162 valence electrons. The van der Waals surface area contributed by atoms with Gasteiger partial charge in [0.05, 0.1) is 26.0 Å². The Morgan fingerprint density at radius 3 is 2.59 bits per heavy atom. The minimum atomic E-state index is 0. The van der Waals surface area contributed by atoms with Gasteiger partial charge in [-0.05, 0) is 37.0 Å². The number of guanidine groups is 1. The van der Waals surface area contributed by atoms with Crippen LogP contribution in [0.25, 0.3) is 0 Å². The summed E-state index contributed by atoms with van der Waals surface area (Å²) < 4.78 is 10.9. The fourth-order valence-electron chi connectivity index (χ4n) is 2.44. The molecule has 8 heteroatoms. The highest BCUT2D eigenvalue weighted by molar-refractivity contribution is 14.0. The maximum absolute atomic E-state index is 5.74. The van der Waals surface area contributed by atoms with Crippen LogP contribution in [0.15, 0.2) is 34.6 Å². The molecule has 0 saturated heterocycles. The van der Waals surface area contributed by atoms with Crippen molar-refractivity contribution in [2.24, 2.45) is 4.99 Å². The van der Waals surface area contributed by atoms with Crippen LogP contribution in [0.4, 0.5) is 0 Å². The molecule has 0 aliphatic heterocycles. The molecule has 0 spiro atoms. The quantitative estimate of drug-likeness (QED) is 0.192. The number of rotatable bonds is 11. The van der Waals surface area contributed by atoms with Crippen molar-refractivity contribution in [2.45, 2.75) is 46.3 Å². The molecule has 1 aromatic carbocycles. The van der Waals surface area contributed by atoms with Crippen LogP contribution >= 0.6 is 35.3 Å². The van der Waals surface area contributed by atoms with Gasteiger partial charge in [0.25, 0.3) is 0 Å². The number of benzene rings is 1. The molecule has 0 radical (unpaired) electrons. The summed E-state index contributed by atoms with van der Waals surface area (Å²) in [5.41, 5.74) is 2.29. The highest BCUT2D eigenvalue weighted by Gasteiger charge is 2.05. The Kier molecular flexibility index (Phi) is 12.9. The van der Waals surface area contributed by atoms with Crippen molar-refractivity contribution in [3.8, 4) is 5.75 Å². The lowest BCUT2D eigenvalue weighted by Crippen LogP contribution is -2.38. The minimum absolute atomic E-state index is 0. The topological polar surface area (TPSA) is 67.8 Å². The molecule has 0 aliphatic carbocycles. The van der Waals surface area contributed by atoms with Crippen LogP contribution in [-0.2, 0) is 17.9 Å². The van der Waals surface area contributed by atoms with E-state index in [2.05, 4.69) is 46.8 Å². The van der Waals surface area contributed by atoms with E-state index in [0.29, 0.717) is 25.7 Å². The molecule has 1 heterocycles. The molecule has 0 fully saturated rings. The Balaban J connectivity index is 0.00000420. The van der Waals surface area contributed by atoms with Gasteiger partial charge >= 0.3 is 0 Å². The first-order chi connectivity index (χ1) is 13.6. The van der Waals surface area contributed by atoms with E-state index in [1.807, 2.05) is 24.3 Å². The second-order valence-corrected chi connectivity index (χ2v) is 7.64. The Hall–Kier alpha value is -1.39. The summed E-state index contributed by atoms with van der Waals surface area (Å²) in [6, 6.07) is 7.95. The van der Waals surface area contributed by atoms with E-state index >= 15 is 0 Å². The van der Waals surface area contributed by atoms with Crippen LogP contribution in [0.5, 0.6) is 5.75 Å². The number of halogens is 1. The number of ether oxygens (including phenoxy) is 2. The minimum Gasteiger partial charge on any atom is -0.497 e. The third-order valence-electron chi connectivity index (χ3n) is 4.06. The molecule has 29 heavy (non-hydrogen) atoms. The van der Waals surface area contributed by atoms with Gasteiger partial charge in [0.15, 0.2) is 5.96 Å². The van der Waals surface area contributed by atoms with E-state index in [1.165, 1.54) is 0 Å². The summed E-state index contributed by atoms with van der Waals surface area (Å²) in [6.07, 6.45) is 0.912. The summed E-state index contributed by atoms with van der Waals surface area (Å²) in [7, 11) is 1.67. The summed E-state index contributed by atoms with van der Waals surface area (Å²) in [5.74, 6) is 2.14. The largest absolute Gasteiger partial charge is 0.497 e. The number of methoxy groups -OCH3 is 1. The predicted octanol–water partition coefficient (Wildman–Crippen LogP) is 4.56. The van der Waals surface area contributed by atoms with Crippen LogP contribution in [0.2, 0.25) is 0 Å². The Bertz CT molecular complexity index is 720. The maximum atomic E-state index is 5.74. The van der Waals surface area contributed by atoms with Crippen molar-refractivity contribution < 1.29 is 9.47 Å². The fourth-order valence-corrected chi connectivity index (χ4v) is 3.32. The number of aliphatic imine (C=N–C) groups is 1. The molecule has 1 aromatic heterocycles. The van der Waals surface area contributed by atoms with E-state index in [-0.39, 0.29) is 24.0 Å². The van der Waals surface area contributed by atoms with Gasteiger partial charge in [0.2, 0.25) is 0 Å². The molecule has 0 amide bonds. The van der Waals surface area contributed by atoms with Crippen molar-refractivity contribution in [1.82, 2.24) is 15.6 Å². The monoisotopic (exact) mass is 532 g/mol. The lowest BCUT2D eigenvalue weighted by molar-refractivity contribution is 0.119. The number of nitrogens with one attached hydrogen (secondary N) is 2. The van der Waals surface area contributed by atoms with Crippen molar-refractivity contribution >= 4 is 41.3 Å². The smallest absolute Gasteiger partial charge is 0.191 e. The van der Waals surface area contributed by atoms with Gasteiger partial charge in [-0.15, -0.1) is 35.3 Å². The van der Waals surface area contributed by atoms with E-state index in [1.54, 1.807) is 18.4 Å². The summed E-state index contributed by atoms with van der Waals surface area (Å²) in [5, 5.41) is 9.79. The number of hydrogen-bond acceptors (Lipinski definition) is 5. The highest BCUT2D eigenvalue weighted by Crippen LogP contribution is 2.18. The molecule has 0 saturated carbocycles. The van der Waals surface area contributed by atoms with Gasteiger partial charge in [-0.25, -0.2) is 9.98 Å². The predicted molar refractivity (Wildman–Crippen MR) is 132 cm³/mol. The maximum Gasteiger partial charge on any atom is 0.191 e. The second-order valence-electron chi connectivity index (χ2n) is 6.70. The molecule has 0 unspecified atom stereocenters. The van der Waals surface area contributed by atoms with Gasteiger partial charge < -0.3 is 20.1 Å². The van der Waals surface area contributed by atoms with Gasteiger partial charge in [-0.1, -0.05) is 26.0 Å². The van der Waals surface area contributed by atoms with E-state index in [9.17, 15) is 0 Å². The third-order valence-corrected chi connectivity index (χ3v) is 4.92. The third kappa shape index (κ3) is 9.77. The average Bonchev–Trinajstić information content (AvgIpc) is 3.18. The molecular formula is C21H33IN4O2S. The fraction of sp³-hybridized carbons (Fsp3) is 0.524. The Morgan fingerprint density at radius 2 is 1.97 bits per heavy atom. The number of thiazole rings is 1. The molecule has 6 nitrogen and oxygen atoms in total. The van der Waals surface area contributed by atoms with Gasteiger partial charge in [0, 0.05) is 25.1 Å². The van der Waals surface area contributed by atoms with Crippen molar-refractivity contribution in [3.05, 3.63) is 45.9 Å². The lowest BCUT2D eigenvalue weighted by atomic mass is 10.2. The molecule has 0 bridgehead atoms. The van der Waals surface area contributed by atoms with Crippen molar-refractivity contribution in [1.29, 1.82) is 0 Å². The van der Waals surface area contributed by atoms with E-state index in [0.717, 1.165) is 47.5 Å². The second kappa shape index (κ2) is 14.6. The van der Waals surface area contributed by atoms with E-state index in [4.69, 9.17) is 9.47 Å². The summed E-state index contributed by atoms with van der Waals surface area (Å²) >= 11 is 1.67. The Labute approximate surface area is 195 Å². The van der Waals surface area contributed by atoms with Crippen LogP contribution in [0.3, 0.4) is 0 Å². The molecular weight excluding hydrogens is 499 g/mol. The summed E-state index contributed by atoms with van der Waals surface area (Å²) in [6.45, 7) is 9.92. The normalized spacial score (nSPS) is 11.3. The van der Waals surface area contributed by atoms with E-state index < -0.39 is 0 Å². The van der Waals surface area contributed by atoms with Gasteiger partial charge in [0.1, 0.15) is 10.8 Å². The standard InChI is InChI=1S/C21H32N4O2S.HI/c1-5-22-21(24-13-20-25-19(15-28-20)16(2)3)23-11-6-12-27-14-17-7-9-18(26-4)10-8-17;/h7-10,15-16H,5-6,11-14H2,1-4H3,(H2,22,23,24);1H. The van der Waals surface area contributed by atoms with Crippen LogP contribution in [-0.4, -0.2) is 37.7 Å². The van der Waals surface area contributed by atoms with Crippen molar-refractivity contribution in [2.75, 3.05) is 26.8 Å². The average molecular weight is 532 g/mol. The zero-order valence-electron chi connectivity index (χ0n) is 17.7.